The van der Waals surface area contributed by atoms with Crippen molar-refractivity contribution in [3.8, 4) is 19.8 Å². The van der Waals surface area contributed by atoms with Crippen LogP contribution >= 0.6 is 45.3 Å². The molecule has 0 atom stereocenters. The molecule has 0 fully saturated rings. The standard InChI is InChI=1S/C12H7N5S4/c1-3-7(18-5-1)9-14-16-11(20-9)13-12-17-15-10(21-12)8-4-2-6-19-8/h1-6H,(H,13,16,17). The Balaban J connectivity index is 1.54. The molecule has 0 saturated carbocycles. The smallest absolute Gasteiger partial charge is 0.212 e. The molecule has 0 aliphatic carbocycles. The van der Waals surface area contributed by atoms with Crippen LogP contribution in [0, 0.1) is 0 Å². The lowest BCUT2D eigenvalue weighted by atomic mass is 10.5. The second-order valence-corrected chi connectivity index (χ2v) is 7.75. The first kappa shape index (κ1) is 13.0. The quantitative estimate of drug-likeness (QED) is 0.584. The molecule has 1 N–H and O–H groups in total. The van der Waals surface area contributed by atoms with E-state index < -0.39 is 0 Å². The van der Waals surface area contributed by atoms with Gasteiger partial charge in [0.05, 0.1) is 9.75 Å². The maximum Gasteiger partial charge on any atom is 0.212 e. The summed E-state index contributed by atoms with van der Waals surface area (Å²) in [6.07, 6.45) is 0. The van der Waals surface area contributed by atoms with Crippen LogP contribution in [0.25, 0.3) is 19.8 Å². The van der Waals surface area contributed by atoms with Crippen molar-refractivity contribution in [1.29, 1.82) is 0 Å². The fourth-order valence-electron chi connectivity index (χ4n) is 1.64. The van der Waals surface area contributed by atoms with Gasteiger partial charge in [0.25, 0.3) is 0 Å². The van der Waals surface area contributed by atoms with Gasteiger partial charge in [0, 0.05) is 0 Å². The van der Waals surface area contributed by atoms with Gasteiger partial charge in [-0.15, -0.1) is 43.1 Å². The van der Waals surface area contributed by atoms with Gasteiger partial charge >= 0.3 is 0 Å². The van der Waals surface area contributed by atoms with Gasteiger partial charge in [0.1, 0.15) is 0 Å². The summed E-state index contributed by atoms with van der Waals surface area (Å²) in [6, 6.07) is 8.09. The van der Waals surface area contributed by atoms with Crippen molar-refractivity contribution >= 4 is 55.6 Å². The van der Waals surface area contributed by atoms with Crippen molar-refractivity contribution in [1.82, 2.24) is 20.4 Å². The number of hydrogen-bond donors (Lipinski definition) is 1. The Kier molecular flexibility index (Phi) is 3.47. The van der Waals surface area contributed by atoms with Gasteiger partial charge in [-0.3, -0.25) is 0 Å². The largest absolute Gasteiger partial charge is 0.305 e. The highest BCUT2D eigenvalue weighted by Gasteiger charge is 2.11. The average molecular weight is 349 g/mol. The minimum Gasteiger partial charge on any atom is -0.305 e. The van der Waals surface area contributed by atoms with Crippen molar-refractivity contribution in [3.05, 3.63) is 35.0 Å². The lowest BCUT2D eigenvalue weighted by molar-refractivity contribution is 1.08. The van der Waals surface area contributed by atoms with Gasteiger partial charge in [-0.1, -0.05) is 34.8 Å². The number of nitrogens with zero attached hydrogens (tertiary/aromatic N) is 4. The van der Waals surface area contributed by atoms with Crippen LogP contribution in [0.15, 0.2) is 35.0 Å². The third kappa shape index (κ3) is 2.72. The van der Waals surface area contributed by atoms with Gasteiger partial charge in [-0.05, 0) is 22.9 Å². The van der Waals surface area contributed by atoms with Crippen LogP contribution in [0.2, 0.25) is 0 Å². The van der Waals surface area contributed by atoms with Gasteiger partial charge in [-0.25, -0.2) is 0 Å². The third-order valence-electron chi connectivity index (χ3n) is 2.53. The third-order valence-corrected chi connectivity index (χ3v) is 6.28. The molecule has 0 spiro atoms. The summed E-state index contributed by atoms with van der Waals surface area (Å²) in [5.41, 5.74) is 0. The first-order valence-corrected chi connectivity index (χ1v) is 9.29. The van der Waals surface area contributed by atoms with Crippen molar-refractivity contribution < 1.29 is 0 Å². The van der Waals surface area contributed by atoms with Crippen LogP contribution in [-0.2, 0) is 0 Å². The van der Waals surface area contributed by atoms with Gasteiger partial charge in [-0.2, -0.15) is 0 Å². The molecule has 0 aromatic carbocycles. The molecular formula is C12H7N5S4. The Labute approximate surface area is 136 Å². The van der Waals surface area contributed by atoms with Gasteiger partial charge < -0.3 is 5.32 Å². The Morgan fingerprint density at radius 1 is 0.714 bits per heavy atom. The van der Waals surface area contributed by atoms with Crippen LogP contribution < -0.4 is 5.32 Å². The number of thiophene rings is 2. The van der Waals surface area contributed by atoms with Crippen LogP contribution in [0.5, 0.6) is 0 Å². The fraction of sp³-hybridized carbons (Fsp3) is 0. The Bertz CT molecular complexity index is 760. The molecule has 0 unspecified atom stereocenters. The minimum atomic E-state index is 0.729. The lowest BCUT2D eigenvalue weighted by Gasteiger charge is -1.92. The Morgan fingerprint density at radius 2 is 1.24 bits per heavy atom. The highest BCUT2D eigenvalue weighted by Crippen LogP contribution is 2.34. The molecule has 0 saturated heterocycles. The maximum atomic E-state index is 4.19. The summed E-state index contributed by atoms with van der Waals surface area (Å²) in [4.78, 5) is 2.24. The van der Waals surface area contributed by atoms with Crippen LogP contribution in [0.4, 0.5) is 10.3 Å². The molecule has 0 aliphatic rings. The number of anilines is 2. The number of aromatic nitrogens is 4. The van der Waals surface area contributed by atoms with Gasteiger partial charge in [0.15, 0.2) is 10.0 Å². The normalized spacial score (nSPS) is 10.9. The topological polar surface area (TPSA) is 63.6 Å². The van der Waals surface area contributed by atoms with E-state index in [9.17, 15) is 0 Å². The van der Waals surface area contributed by atoms with E-state index in [4.69, 9.17) is 0 Å². The minimum absolute atomic E-state index is 0.729. The zero-order valence-corrected chi connectivity index (χ0v) is 13.7. The predicted molar refractivity (Wildman–Crippen MR) is 89.7 cm³/mol. The van der Waals surface area contributed by atoms with Crippen LogP contribution in [0.1, 0.15) is 0 Å². The van der Waals surface area contributed by atoms with Crippen molar-refractivity contribution in [2.75, 3.05) is 5.32 Å². The summed E-state index contributed by atoms with van der Waals surface area (Å²) >= 11 is 6.33. The summed E-state index contributed by atoms with van der Waals surface area (Å²) in [5.74, 6) is 0. The van der Waals surface area contributed by atoms with E-state index in [0.717, 1.165) is 30.0 Å². The molecule has 0 amide bonds. The lowest BCUT2D eigenvalue weighted by Crippen LogP contribution is -1.87. The van der Waals surface area contributed by atoms with Gasteiger partial charge in [0.2, 0.25) is 10.3 Å². The maximum absolute atomic E-state index is 4.19. The van der Waals surface area contributed by atoms with E-state index in [1.807, 2.05) is 35.0 Å². The molecule has 5 nitrogen and oxygen atoms in total. The molecule has 4 heterocycles. The first-order valence-electron chi connectivity index (χ1n) is 5.90. The molecule has 4 aromatic rings. The second kappa shape index (κ2) is 5.60. The molecule has 104 valence electrons. The molecule has 0 radical (unpaired) electrons. The molecule has 4 aromatic heterocycles. The molecule has 0 aliphatic heterocycles. The predicted octanol–water partition coefficient (Wildman–Crippen LogP) is 4.59. The number of nitrogens with one attached hydrogen (secondary N) is 1. The number of rotatable bonds is 4. The van der Waals surface area contributed by atoms with E-state index >= 15 is 0 Å². The summed E-state index contributed by atoms with van der Waals surface area (Å²) in [6.45, 7) is 0. The zero-order valence-electron chi connectivity index (χ0n) is 10.4. The van der Waals surface area contributed by atoms with Crippen LogP contribution in [0.3, 0.4) is 0 Å². The molecule has 0 bridgehead atoms. The molecular weight excluding hydrogens is 342 g/mol. The average Bonchev–Trinajstić information content (AvgIpc) is 3.28. The summed E-state index contributed by atoms with van der Waals surface area (Å²) in [5, 5.41) is 27.2. The monoisotopic (exact) mass is 349 g/mol. The molecule has 4 rings (SSSR count). The van der Waals surface area contributed by atoms with Crippen molar-refractivity contribution in [2.24, 2.45) is 0 Å². The van der Waals surface area contributed by atoms with Crippen molar-refractivity contribution in [2.45, 2.75) is 0 Å². The SMILES string of the molecule is c1csc(-c2nnc(Nc3nnc(-c4cccs4)s3)s2)c1. The highest BCUT2D eigenvalue weighted by molar-refractivity contribution is 7.24. The fourth-order valence-corrected chi connectivity index (χ4v) is 4.77. The zero-order chi connectivity index (χ0) is 14.1. The van der Waals surface area contributed by atoms with E-state index in [2.05, 4.69) is 25.7 Å². The first-order chi connectivity index (χ1) is 10.4. The Morgan fingerprint density at radius 3 is 1.67 bits per heavy atom. The molecule has 21 heavy (non-hydrogen) atoms. The Hall–Kier alpha value is -1.68. The van der Waals surface area contributed by atoms with E-state index in [1.54, 1.807) is 22.7 Å². The van der Waals surface area contributed by atoms with Crippen LogP contribution in [-0.4, -0.2) is 20.4 Å². The number of hydrogen-bond acceptors (Lipinski definition) is 9. The van der Waals surface area contributed by atoms with E-state index in [1.165, 1.54) is 22.7 Å². The second-order valence-electron chi connectivity index (χ2n) is 3.90. The molecule has 9 heteroatoms. The summed E-state index contributed by atoms with van der Waals surface area (Å²) in [7, 11) is 0. The van der Waals surface area contributed by atoms with E-state index in [0.29, 0.717) is 0 Å². The summed E-state index contributed by atoms with van der Waals surface area (Å²) < 4.78 is 0. The van der Waals surface area contributed by atoms with E-state index in [-0.39, 0.29) is 0 Å². The highest BCUT2D eigenvalue weighted by atomic mass is 32.1. The van der Waals surface area contributed by atoms with Crippen molar-refractivity contribution in [3.63, 3.8) is 0 Å².